The Bertz CT molecular complexity index is 967. The van der Waals surface area contributed by atoms with Gasteiger partial charge in [-0.3, -0.25) is 4.79 Å². The van der Waals surface area contributed by atoms with Crippen molar-refractivity contribution in [1.82, 2.24) is 5.43 Å². The number of fused-ring (bicyclic) bond motifs is 1. The lowest BCUT2D eigenvalue weighted by Gasteiger charge is -2.10. The smallest absolute Gasteiger partial charge is 0.274 e. The van der Waals surface area contributed by atoms with E-state index >= 15 is 0 Å². The average Bonchev–Trinajstić information content (AvgIpc) is 2.65. The Kier molecular flexibility index (Phi) is 4.75. The molecule has 0 atom stereocenters. The molecule has 0 aliphatic rings. The maximum absolute atomic E-state index is 13.7. The lowest BCUT2D eigenvalue weighted by Crippen LogP contribution is -2.20. The van der Waals surface area contributed by atoms with Gasteiger partial charge < -0.3 is 4.74 Å². The van der Waals surface area contributed by atoms with Crippen LogP contribution in [0.4, 0.5) is 4.39 Å². The van der Waals surface area contributed by atoms with Gasteiger partial charge in [0.15, 0.2) is 0 Å². The number of carbonyl (C=O) groups excluding carboxylic acids is 1. The molecule has 1 amide bonds. The van der Waals surface area contributed by atoms with Crippen LogP contribution in [0.3, 0.4) is 0 Å². The van der Waals surface area contributed by atoms with Gasteiger partial charge in [-0.1, -0.05) is 36.4 Å². The SMILES string of the molecule is COc1ccc(/C(C)=N\NC(=O)c2ccccc2F)c2ccccc12. The van der Waals surface area contributed by atoms with E-state index in [4.69, 9.17) is 4.74 Å². The number of nitrogens with zero attached hydrogens (tertiary/aromatic N) is 1. The second kappa shape index (κ2) is 7.13. The van der Waals surface area contributed by atoms with Crippen LogP contribution < -0.4 is 10.2 Å². The third kappa shape index (κ3) is 3.35. The highest BCUT2D eigenvalue weighted by Gasteiger charge is 2.11. The summed E-state index contributed by atoms with van der Waals surface area (Å²) in [6.45, 7) is 1.79. The largest absolute Gasteiger partial charge is 0.496 e. The molecule has 0 saturated carbocycles. The van der Waals surface area contributed by atoms with Crippen LogP contribution in [0.25, 0.3) is 10.8 Å². The Morgan fingerprint density at radius 2 is 1.64 bits per heavy atom. The molecule has 0 radical (unpaired) electrons. The zero-order valence-electron chi connectivity index (χ0n) is 13.9. The quantitative estimate of drug-likeness (QED) is 0.575. The highest BCUT2D eigenvalue weighted by molar-refractivity contribution is 6.11. The molecular weight excluding hydrogens is 319 g/mol. The summed E-state index contributed by atoms with van der Waals surface area (Å²) in [5.41, 5.74) is 3.85. The number of hydrazone groups is 1. The molecular formula is C20H17FN2O2. The van der Waals surface area contributed by atoms with Crippen LogP contribution in [-0.2, 0) is 0 Å². The fourth-order valence-electron chi connectivity index (χ4n) is 2.67. The molecule has 0 unspecified atom stereocenters. The van der Waals surface area contributed by atoms with E-state index in [-0.39, 0.29) is 5.56 Å². The summed E-state index contributed by atoms with van der Waals surface area (Å²) in [5, 5.41) is 6.04. The van der Waals surface area contributed by atoms with E-state index in [1.165, 1.54) is 18.2 Å². The van der Waals surface area contributed by atoms with E-state index in [1.54, 1.807) is 20.1 Å². The Hall–Kier alpha value is -3.21. The van der Waals surface area contributed by atoms with Crippen LogP contribution in [0.5, 0.6) is 5.75 Å². The van der Waals surface area contributed by atoms with Gasteiger partial charge in [0.2, 0.25) is 0 Å². The second-order valence-electron chi connectivity index (χ2n) is 5.48. The zero-order valence-corrected chi connectivity index (χ0v) is 13.9. The number of ether oxygens (including phenoxy) is 1. The Morgan fingerprint density at radius 1 is 0.960 bits per heavy atom. The third-order valence-electron chi connectivity index (χ3n) is 3.94. The number of benzene rings is 3. The van der Waals surface area contributed by atoms with Crippen LogP contribution in [0.2, 0.25) is 0 Å². The first kappa shape index (κ1) is 16.6. The molecule has 0 spiro atoms. The molecule has 3 aromatic carbocycles. The van der Waals surface area contributed by atoms with Gasteiger partial charge >= 0.3 is 0 Å². The molecule has 0 aliphatic heterocycles. The van der Waals surface area contributed by atoms with Gasteiger partial charge in [-0.15, -0.1) is 0 Å². The van der Waals surface area contributed by atoms with Gasteiger partial charge in [0.1, 0.15) is 11.6 Å². The summed E-state index contributed by atoms with van der Waals surface area (Å²) < 4.78 is 19.0. The minimum atomic E-state index is -0.588. The summed E-state index contributed by atoms with van der Waals surface area (Å²) in [7, 11) is 1.62. The molecule has 1 N–H and O–H groups in total. The number of hydrogen-bond donors (Lipinski definition) is 1. The molecule has 3 rings (SSSR count). The van der Waals surface area contributed by atoms with E-state index in [1.807, 2.05) is 36.4 Å². The van der Waals surface area contributed by atoms with Crippen molar-refractivity contribution in [3.63, 3.8) is 0 Å². The molecule has 4 nitrogen and oxygen atoms in total. The fourth-order valence-corrected chi connectivity index (χ4v) is 2.67. The molecule has 0 heterocycles. The molecule has 5 heteroatoms. The van der Waals surface area contributed by atoms with Gasteiger partial charge in [-0.2, -0.15) is 5.10 Å². The van der Waals surface area contributed by atoms with Crippen LogP contribution in [0.15, 0.2) is 65.8 Å². The average molecular weight is 336 g/mol. The normalized spacial score (nSPS) is 11.4. The van der Waals surface area contributed by atoms with Crippen molar-refractivity contribution in [3.8, 4) is 5.75 Å². The maximum Gasteiger partial charge on any atom is 0.274 e. The molecule has 0 bridgehead atoms. The monoisotopic (exact) mass is 336 g/mol. The number of nitrogens with one attached hydrogen (secondary N) is 1. The first-order valence-corrected chi connectivity index (χ1v) is 7.77. The van der Waals surface area contributed by atoms with Crippen molar-refractivity contribution in [3.05, 3.63) is 77.6 Å². The molecule has 0 aromatic heterocycles. The van der Waals surface area contributed by atoms with Gasteiger partial charge in [0.25, 0.3) is 5.91 Å². The molecule has 25 heavy (non-hydrogen) atoms. The van der Waals surface area contributed by atoms with Crippen LogP contribution in [-0.4, -0.2) is 18.7 Å². The van der Waals surface area contributed by atoms with Gasteiger partial charge in [0.05, 0.1) is 18.4 Å². The van der Waals surface area contributed by atoms with E-state index in [9.17, 15) is 9.18 Å². The number of hydrogen-bond acceptors (Lipinski definition) is 3. The standard InChI is InChI=1S/C20H17FN2O2/c1-13(22-23-20(24)17-9-5-6-10-18(17)21)14-11-12-19(25-2)16-8-4-3-7-15(14)16/h3-12H,1-2H3,(H,23,24)/b22-13-. The minimum Gasteiger partial charge on any atom is -0.496 e. The molecule has 0 saturated heterocycles. The number of rotatable bonds is 4. The van der Waals surface area contributed by atoms with Crippen LogP contribution in [0.1, 0.15) is 22.8 Å². The van der Waals surface area contributed by atoms with E-state index in [0.29, 0.717) is 5.71 Å². The van der Waals surface area contributed by atoms with Crippen molar-refractivity contribution in [2.24, 2.45) is 5.10 Å². The van der Waals surface area contributed by atoms with Crippen molar-refractivity contribution in [2.75, 3.05) is 7.11 Å². The van der Waals surface area contributed by atoms with E-state index < -0.39 is 11.7 Å². The van der Waals surface area contributed by atoms with E-state index in [0.717, 1.165) is 22.1 Å². The lowest BCUT2D eigenvalue weighted by atomic mass is 10.0. The van der Waals surface area contributed by atoms with Gasteiger partial charge in [-0.05, 0) is 36.6 Å². The summed E-state index contributed by atoms with van der Waals surface area (Å²) in [5.74, 6) is -0.402. The Balaban J connectivity index is 1.92. The number of carbonyl (C=O) groups is 1. The maximum atomic E-state index is 13.7. The van der Waals surface area contributed by atoms with Gasteiger partial charge in [-0.25, -0.2) is 9.82 Å². The number of amides is 1. The summed E-state index contributed by atoms with van der Waals surface area (Å²) in [6, 6.07) is 17.3. The highest BCUT2D eigenvalue weighted by atomic mass is 19.1. The fraction of sp³-hybridized carbons (Fsp3) is 0.100. The summed E-state index contributed by atoms with van der Waals surface area (Å²) >= 11 is 0. The highest BCUT2D eigenvalue weighted by Crippen LogP contribution is 2.28. The molecule has 0 aliphatic carbocycles. The van der Waals surface area contributed by atoms with Crippen molar-refractivity contribution < 1.29 is 13.9 Å². The van der Waals surface area contributed by atoms with Crippen molar-refractivity contribution in [2.45, 2.75) is 6.92 Å². The van der Waals surface area contributed by atoms with Crippen LogP contribution >= 0.6 is 0 Å². The summed E-state index contributed by atoms with van der Waals surface area (Å²) in [4.78, 5) is 12.1. The van der Waals surface area contributed by atoms with E-state index in [2.05, 4.69) is 10.5 Å². The first-order valence-electron chi connectivity index (χ1n) is 7.77. The molecule has 3 aromatic rings. The number of methoxy groups -OCH3 is 1. The Labute approximate surface area is 144 Å². The first-order chi connectivity index (χ1) is 12.1. The predicted molar refractivity (Wildman–Crippen MR) is 96.6 cm³/mol. The predicted octanol–water partition coefficient (Wildman–Crippen LogP) is 4.14. The topological polar surface area (TPSA) is 50.7 Å². The minimum absolute atomic E-state index is 0.0429. The zero-order chi connectivity index (χ0) is 17.8. The summed E-state index contributed by atoms with van der Waals surface area (Å²) in [6.07, 6.45) is 0. The van der Waals surface area contributed by atoms with Crippen molar-refractivity contribution in [1.29, 1.82) is 0 Å². The second-order valence-corrected chi connectivity index (χ2v) is 5.48. The molecule has 0 fully saturated rings. The lowest BCUT2D eigenvalue weighted by molar-refractivity contribution is 0.0951. The molecule has 126 valence electrons. The Morgan fingerprint density at radius 3 is 2.36 bits per heavy atom. The third-order valence-corrected chi connectivity index (χ3v) is 3.94. The van der Waals surface area contributed by atoms with Crippen LogP contribution in [0, 0.1) is 5.82 Å². The van der Waals surface area contributed by atoms with Gasteiger partial charge in [0, 0.05) is 10.9 Å². The van der Waals surface area contributed by atoms with Crippen molar-refractivity contribution >= 4 is 22.4 Å². The number of halogens is 1.